The minimum atomic E-state index is -0.328. The van der Waals surface area contributed by atoms with Gasteiger partial charge in [0, 0.05) is 5.56 Å². The molecule has 1 aromatic carbocycles. The van der Waals surface area contributed by atoms with Gasteiger partial charge < -0.3 is 4.74 Å². The second-order valence-electron chi connectivity index (χ2n) is 5.01. The number of rotatable bonds is 5. The van der Waals surface area contributed by atoms with Crippen LogP contribution in [0.4, 0.5) is 4.39 Å². The number of hydrogen-bond acceptors (Lipinski definition) is 6. The Kier molecular flexibility index (Phi) is 4.75. The highest BCUT2D eigenvalue weighted by Gasteiger charge is 2.20. The van der Waals surface area contributed by atoms with Crippen molar-refractivity contribution in [3.63, 3.8) is 0 Å². The molecule has 3 aromatic rings. The average Bonchev–Trinajstić information content (AvgIpc) is 3.03. The normalized spacial score (nSPS) is 12.3. The maximum Gasteiger partial charge on any atom is 0.319 e. The van der Waals surface area contributed by atoms with Crippen LogP contribution in [-0.2, 0) is 9.53 Å². The summed E-state index contributed by atoms with van der Waals surface area (Å²) in [4.78, 5) is 11.7. The molecule has 0 fully saturated rings. The van der Waals surface area contributed by atoms with Gasteiger partial charge in [-0.2, -0.15) is 9.61 Å². The van der Waals surface area contributed by atoms with Crippen LogP contribution < -0.4 is 0 Å². The first-order valence-corrected chi connectivity index (χ1v) is 8.23. The molecule has 2 aromatic heterocycles. The molecule has 0 N–H and O–H groups in total. The zero-order valence-corrected chi connectivity index (χ0v) is 14.0. The molecule has 3 rings (SSSR count). The Morgan fingerprint density at radius 2 is 2.00 bits per heavy atom. The molecule has 8 heteroatoms. The first-order valence-electron chi connectivity index (χ1n) is 7.35. The van der Waals surface area contributed by atoms with E-state index in [4.69, 9.17) is 4.74 Å². The van der Waals surface area contributed by atoms with E-state index in [1.165, 1.54) is 31.0 Å². The van der Waals surface area contributed by atoms with Crippen LogP contribution in [0.15, 0.2) is 41.4 Å². The molecule has 0 amide bonds. The Bertz CT molecular complexity index is 866. The number of ether oxygens (including phenoxy) is 1. The largest absolute Gasteiger partial charge is 0.468 e. The van der Waals surface area contributed by atoms with Crippen LogP contribution >= 0.6 is 11.8 Å². The van der Waals surface area contributed by atoms with Crippen molar-refractivity contribution in [1.29, 1.82) is 0 Å². The van der Waals surface area contributed by atoms with Crippen molar-refractivity contribution in [2.45, 2.75) is 23.6 Å². The molecular weight excluding hydrogens is 331 g/mol. The van der Waals surface area contributed by atoms with E-state index in [9.17, 15) is 9.18 Å². The molecule has 2 heterocycles. The van der Waals surface area contributed by atoms with Gasteiger partial charge in [0.1, 0.15) is 16.1 Å². The Balaban J connectivity index is 1.96. The van der Waals surface area contributed by atoms with Crippen molar-refractivity contribution >= 4 is 23.4 Å². The number of fused-ring (bicyclic) bond motifs is 1. The molecule has 0 saturated carbocycles. The van der Waals surface area contributed by atoms with Gasteiger partial charge in [0.25, 0.3) is 0 Å². The fourth-order valence-corrected chi connectivity index (χ4v) is 3.12. The van der Waals surface area contributed by atoms with Gasteiger partial charge in [-0.05, 0) is 42.8 Å². The maximum atomic E-state index is 13.1. The van der Waals surface area contributed by atoms with E-state index in [0.717, 1.165) is 0 Å². The number of aromatic nitrogens is 4. The lowest BCUT2D eigenvalue weighted by atomic mass is 10.2. The summed E-state index contributed by atoms with van der Waals surface area (Å²) in [6.45, 7) is 1.91. The van der Waals surface area contributed by atoms with E-state index in [1.807, 2.05) is 6.92 Å². The Morgan fingerprint density at radius 1 is 1.25 bits per heavy atom. The van der Waals surface area contributed by atoms with Gasteiger partial charge in [0.05, 0.1) is 7.11 Å². The summed E-state index contributed by atoms with van der Waals surface area (Å²) in [5, 5.41) is 13.0. The van der Waals surface area contributed by atoms with Crippen molar-refractivity contribution < 1.29 is 13.9 Å². The van der Waals surface area contributed by atoms with Crippen LogP contribution in [-0.4, -0.2) is 38.1 Å². The standard InChI is InChI=1S/C16H15FN4O2S/c1-3-12(16(22)23-2)24-14-9-8-13-18-19-15(21(13)20-14)10-4-6-11(17)7-5-10/h4-9,12H,3H2,1-2H3/t12-/m0/s1. The minimum absolute atomic E-state index is 0.285. The summed E-state index contributed by atoms with van der Waals surface area (Å²) in [7, 11) is 1.37. The molecule has 0 aliphatic heterocycles. The third kappa shape index (κ3) is 3.23. The molecule has 1 atom stereocenters. The molecule has 124 valence electrons. The molecule has 0 bridgehead atoms. The number of methoxy groups -OCH3 is 1. The van der Waals surface area contributed by atoms with Crippen LogP contribution in [0.1, 0.15) is 13.3 Å². The van der Waals surface area contributed by atoms with Gasteiger partial charge in [-0.15, -0.1) is 10.2 Å². The molecular formula is C16H15FN4O2S. The number of hydrogen-bond donors (Lipinski definition) is 0. The summed E-state index contributed by atoms with van der Waals surface area (Å²) in [5.74, 6) is -0.0916. The highest BCUT2D eigenvalue weighted by atomic mass is 32.2. The molecule has 24 heavy (non-hydrogen) atoms. The number of carbonyl (C=O) groups is 1. The summed E-state index contributed by atoms with van der Waals surface area (Å²) in [6, 6.07) is 9.53. The van der Waals surface area contributed by atoms with Crippen LogP contribution in [0, 0.1) is 5.82 Å². The fourth-order valence-electron chi connectivity index (χ4n) is 2.19. The van der Waals surface area contributed by atoms with Crippen molar-refractivity contribution in [3.8, 4) is 11.4 Å². The first kappa shape index (κ1) is 16.4. The van der Waals surface area contributed by atoms with Gasteiger partial charge in [-0.3, -0.25) is 4.79 Å². The number of thioether (sulfide) groups is 1. The lowest BCUT2D eigenvalue weighted by Crippen LogP contribution is -2.18. The number of halogens is 1. The van der Waals surface area contributed by atoms with E-state index < -0.39 is 0 Å². The SMILES string of the molecule is CC[C@H](Sc1ccc2nnc(-c3ccc(F)cc3)n2n1)C(=O)OC. The van der Waals surface area contributed by atoms with Crippen LogP contribution in [0.2, 0.25) is 0 Å². The van der Waals surface area contributed by atoms with Gasteiger partial charge in [-0.1, -0.05) is 18.7 Å². The second kappa shape index (κ2) is 6.96. The zero-order valence-electron chi connectivity index (χ0n) is 13.1. The van der Waals surface area contributed by atoms with E-state index in [1.54, 1.807) is 28.8 Å². The van der Waals surface area contributed by atoms with E-state index >= 15 is 0 Å². The smallest absolute Gasteiger partial charge is 0.319 e. The topological polar surface area (TPSA) is 69.4 Å². The average molecular weight is 346 g/mol. The highest BCUT2D eigenvalue weighted by Crippen LogP contribution is 2.26. The summed E-state index contributed by atoms with van der Waals surface area (Å²) < 4.78 is 19.5. The Labute approximate surface area is 142 Å². The van der Waals surface area contributed by atoms with Crippen molar-refractivity contribution in [3.05, 3.63) is 42.2 Å². The number of benzene rings is 1. The second-order valence-corrected chi connectivity index (χ2v) is 6.23. The highest BCUT2D eigenvalue weighted by molar-refractivity contribution is 8.00. The van der Waals surface area contributed by atoms with E-state index in [2.05, 4.69) is 15.3 Å². The summed E-state index contributed by atoms with van der Waals surface area (Å²) in [6.07, 6.45) is 0.629. The van der Waals surface area contributed by atoms with Gasteiger partial charge >= 0.3 is 5.97 Å². The van der Waals surface area contributed by atoms with Gasteiger partial charge in [0.2, 0.25) is 0 Å². The van der Waals surface area contributed by atoms with E-state index in [0.29, 0.717) is 28.5 Å². The molecule has 0 saturated heterocycles. The van der Waals surface area contributed by atoms with Crippen LogP contribution in [0.25, 0.3) is 17.0 Å². The quantitative estimate of drug-likeness (QED) is 0.522. The number of nitrogens with zero attached hydrogens (tertiary/aromatic N) is 4. The molecule has 6 nitrogen and oxygen atoms in total. The maximum absolute atomic E-state index is 13.1. The van der Waals surface area contributed by atoms with E-state index in [-0.39, 0.29) is 17.0 Å². The zero-order chi connectivity index (χ0) is 17.1. The van der Waals surface area contributed by atoms with Crippen LogP contribution in [0.3, 0.4) is 0 Å². The summed E-state index contributed by atoms with van der Waals surface area (Å²) in [5.41, 5.74) is 1.28. The van der Waals surface area contributed by atoms with Crippen LogP contribution in [0.5, 0.6) is 0 Å². The molecule has 0 radical (unpaired) electrons. The number of carbonyl (C=O) groups excluding carboxylic acids is 1. The molecule has 0 aliphatic carbocycles. The predicted molar refractivity (Wildman–Crippen MR) is 88.1 cm³/mol. The Morgan fingerprint density at radius 3 is 2.67 bits per heavy atom. The minimum Gasteiger partial charge on any atom is -0.468 e. The lowest BCUT2D eigenvalue weighted by Gasteiger charge is -2.11. The first-order chi connectivity index (χ1) is 11.6. The van der Waals surface area contributed by atoms with Crippen molar-refractivity contribution in [2.24, 2.45) is 0 Å². The Hall–Kier alpha value is -2.48. The lowest BCUT2D eigenvalue weighted by molar-refractivity contribution is -0.140. The van der Waals surface area contributed by atoms with Gasteiger partial charge in [0.15, 0.2) is 11.5 Å². The summed E-state index contributed by atoms with van der Waals surface area (Å²) >= 11 is 1.32. The third-order valence-electron chi connectivity index (χ3n) is 3.44. The van der Waals surface area contributed by atoms with Gasteiger partial charge in [-0.25, -0.2) is 4.39 Å². The molecule has 0 unspecified atom stereocenters. The fraction of sp³-hybridized carbons (Fsp3) is 0.250. The van der Waals surface area contributed by atoms with Crippen molar-refractivity contribution in [2.75, 3.05) is 7.11 Å². The van der Waals surface area contributed by atoms with Crippen molar-refractivity contribution in [1.82, 2.24) is 19.8 Å². The molecule has 0 spiro atoms. The number of esters is 1. The monoisotopic (exact) mass is 346 g/mol. The predicted octanol–water partition coefficient (Wildman–Crippen LogP) is 2.97. The third-order valence-corrected chi connectivity index (χ3v) is 4.71. The molecule has 0 aliphatic rings.